The van der Waals surface area contributed by atoms with E-state index in [1.807, 2.05) is 11.6 Å². The summed E-state index contributed by atoms with van der Waals surface area (Å²) in [6.07, 6.45) is 1.02. The highest BCUT2D eigenvalue weighted by Gasteiger charge is 2.17. The van der Waals surface area contributed by atoms with Gasteiger partial charge in [0.05, 0.1) is 11.5 Å². The third-order valence-corrected chi connectivity index (χ3v) is 3.52. The first kappa shape index (κ1) is 15.0. The molecule has 0 bridgehead atoms. The molecule has 0 spiro atoms. The van der Waals surface area contributed by atoms with E-state index in [1.165, 1.54) is 12.1 Å². The Bertz CT molecular complexity index is 584. The average Bonchev–Trinajstić information content (AvgIpc) is 2.34. The van der Waals surface area contributed by atoms with E-state index in [-0.39, 0.29) is 11.5 Å². The molecule has 0 unspecified atom stereocenters. The van der Waals surface area contributed by atoms with Crippen LogP contribution in [0.4, 0.5) is 4.79 Å². The fourth-order valence-corrected chi connectivity index (χ4v) is 2.12. The number of carbonyl (C=O) groups excluding carboxylic acids is 1. The van der Waals surface area contributed by atoms with Crippen LogP contribution in [0.2, 0.25) is 0 Å². The SMILES string of the molecule is C=C=CCCOC(=O)NS(=O)(=O)c1ccc(C)cc1. The second-order valence-corrected chi connectivity index (χ2v) is 5.43. The number of benzene rings is 1. The van der Waals surface area contributed by atoms with E-state index in [0.717, 1.165) is 5.56 Å². The Balaban J connectivity index is 2.61. The van der Waals surface area contributed by atoms with Crippen molar-refractivity contribution < 1.29 is 17.9 Å². The number of amides is 1. The van der Waals surface area contributed by atoms with Crippen molar-refractivity contribution in [2.75, 3.05) is 6.61 Å². The fraction of sp³-hybridized carbons (Fsp3) is 0.231. The van der Waals surface area contributed by atoms with Crippen LogP contribution in [-0.2, 0) is 14.8 Å². The fourth-order valence-electron chi connectivity index (χ4n) is 1.23. The summed E-state index contributed by atoms with van der Waals surface area (Å²) < 4.78 is 30.1. The Morgan fingerprint density at radius 3 is 2.63 bits per heavy atom. The van der Waals surface area contributed by atoms with Crippen molar-refractivity contribution in [1.82, 2.24) is 4.72 Å². The van der Waals surface area contributed by atoms with Crippen LogP contribution in [0.25, 0.3) is 0 Å². The molecular weight excluding hydrogens is 266 g/mol. The van der Waals surface area contributed by atoms with Gasteiger partial charge in [-0.1, -0.05) is 24.3 Å². The molecule has 5 nitrogen and oxygen atoms in total. The lowest BCUT2D eigenvalue weighted by atomic mass is 10.2. The molecule has 19 heavy (non-hydrogen) atoms. The van der Waals surface area contributed by atoms with Gasteiger partial charge in [0.2, 0.25) is 0 Å². The molecule has 0 fully saturated rings. The lowest BCUT2D eigenvalue weighted by molar-refractivity contribution is 0.154. The molecule has 0 radical (unpaired) electrons. The third kappa shape index (κ3) is 4.99. The number of sulfonamides is 1. The lowest BCUT2D eigenvalue weighted by Crippen LogP contribution is -2.31. The maximum atomic E-state index is 11.8. The molecule has 0 aliphatic carbocycles. The third-order valence-electron chi connectivity index (χ3n) is 2.19. The minimum Gasteiger partial charge on any atom is -0.448 e. The molecule has 0 aromatic heterocycles. The maximum Gasteiger partial charge on any atom is 0.421 e. The average molecular weight is 281 g/mol. The van der Waals surface area contributed by atoms with E-state index in [2.05, 4.69) is 12.3 Å². The first-order valence-corrected chi connectivity index (χ1v) is 7.04. The normalized spacial score (nSPS) is 10.4. The molecule has 6 heteroatoms. The van der Waals surface area contributed by atoms with E-state index in [0.29, 0.717) is 6.42 Å². The van der Waals surface area contributed by atoms with Gasteiger partial charge in [-0.2, -0.15) is 0 Å². The maximum absolute atomic E-state index is 11.8. The van der Waals surface area contributed by atoms with Crippen LogP contribution in [0.3, 0.4) is 0 Å². The summed E-state index contributed by atoms with van der Waals surface area (Å²) in [5, 5.41) is 0. The molecule has 1 rings (SSSR count). The molecule has 1 amide bonds. The minimum atomic E-state index is -3.88. The van der Waals surface area contributed by atoms with Crippen LogP contribution < -0.4 is 4.72 Å². The summed E-state index contributed by atoms with van der Waals surface area (Å²) in [5.74, 6) is 0. The minimum absolute atomic E-state index is 0.0148. The van der Waals surface area contributed by atoms with E-state index in [1.54, 1.807) is 18.2 Å². The van der Waals surface area contributed by atoms with Crippen molar-refractivity contribution in [1.29, 1.82) is 0 Å². The zero-order valence-corrected chi connectivity index (χ0v) is 11.4. The van der Waals surface area contributed by atoms with Crippen molar-refractivity contribution >= 4 is 16.1 Å². The molecule has 1 N–H and O–H groups in total. The molecule has 102 valence electrons. The highest BCUT2D eigenvalue weighted by Crippen LogP contribution is 2.09. The monoisotopic (exact) mass is 281 g/mol. The molecule has 1 aromatic rings. The van der Waals surface area contributed by atoms with Crippen LogP contribution in [0, 0.1) is 6.92 Å². The Morgan fingerprint density at radius 1 is 1.42 bits per heavy atom. The number of hydrogen-bond acceptors (Lipinski definition) is 4. The number of ether oxygens (including phenoxy) is 1. The van der Waals surface area contributed by atoms with Crippen LogP contribution in [0.1, 0.15) is 12.0 Å². The zero-order valence-electron chi connectivity index (χ0n) is 10.5. The van der Waals surface area contributed by atoms with Gasteiger partial charge >= 0.3 is 6.09 Å². The summed E-state index contributed by atoms with van der Waals surface area (Å²) in [6, 6.07) is 6.14. The quantitative estimate of drug-likeness (QED) is 0.663. The number of nitrogens with one attached hydrogen (secondary N) is 1. The smallest absolute Gasteiger partial charge is 0.421 e. The van der Waals surface area contributed by atoms with E-state index in [9.17, 15) is 13.2 Å². The van der Waals surface area contributed by atoms with Crippen LogP contribution in [0.15, 0.2) is 47.5 Å². The van der Waals surface area contributed by atoms with Gasteiger partial charge in [0, 0.05) is 6.42 Å². The highest BCUT2D eigenvalue weighted by molar-refractivity contribution is 7.90. The van der Waals surface area contributed by atoms with Crippen LogP contribution in [0.5, 0.6) is 0 Å². The molecule has 0 aliphatic heterocycles. The zero-order chi connectivity index (χ0) is 14.3. The summed E-state index contributed by atoms with van der Waals surface area (Å²) >= 11 is 0. The molecule has 0 atom stereocenters. The molecular formula is C13H15NO4S. The van der Waals surface area contributed by atoms with Crippen molar-refractivity contribution in [2.24, 2.45) is 0 Å². The standard InChI is InChI=1S/C13H15NO4S/c1-3-4-5-10-18-13(15)14-19(16,17)12-8-6-11(2)7-9-12/h4,6-9H,1,5,10H2,2H3,(H,14,15). The summed E-state index contributed by atoms with van der Waals surface area (Å²) in [6.45, 7) is 5.26. The topological polar surface area (TPSA) is 72.5 Å². The van der Waals surface area contributed by atoms with Gasteiger partial charge in [0.25, 0.3) is 10.0 Å². The number of rotatable bonds is 5. The van der Waals surface area contributed by atoms with Crippen molar-refractivity contribution in [3.63, 3.8) is 0 Å². The molecule has 1 aromatic carbocycles. The van der Waals surface area contributed by atoms with Gasteiger partial charge < -0.3 is 4.74 Å². The predicted molar refractivity (Wildman–Crippen MR) is 71.2 cm³/mol. The van der Waals surface area contributed by atoms with Crippen molar-refractivity contribution in [3.8, 4) is 0 Å². The van der Waals surface area contributed by atoms with E-state index in [4.69, 9.17) is 4.74 Å². The second-order valence-electron chi connectivity index (χ2n) is 3.75. The Hall–Kier alpha value is -2.04. The van der Waals surface area contributed by atoms with Gasteiger partial charge in [-0.05, 0) is 25.1 Å². The Kier molecular flexibility index (Phi) is 5.36. The summed E-state index contributed by atoms with van der Waals surface area (Å²) in [4.78, 5) is 11.3. The van der Waals surface area contributed by atoms with Crippen LogP contribution >= 0.6 is 0 Å². The van der Waals surface area contributed by atoms with Gasteiger partial charge in [-0.25, -0.2) is 17.9 Å². The van der Waals surface area contributed by atoms with Crippen LogP contribution in [-0.4, -0.2) is 21.1 Å². The Labute approximate surface area is 112 Å². The van der Waals surface area contributed by atoms with Gasteiger partial charge in [0.15, 0.2) is 0 Å². The number of hydrogen-bond donors (Lipinski definition) is 1. The van der Waals surface area contributed by atoms with Gasteiger partial charge in [0.1, 0.15) is 0 Å². The summed E-state index contributed by atoms with van der Waals surface area (Å²) in [5.41, 5.74) is 3.44. The first-order chi connectivity index (χ1) is 8.95. The highest BCUT2D eigenvalue weighted by atomic mass is 32.2. The second kappa shape index (κ2) is 6.78. The van der Waals surface area contributed by atoms with Gasteiger partial charge in [-0.15, -0.1) is 5.73 Å². The number of carbonyl (C=O) groups is 1. The lowest BCUT2D eigenvalue weighted by Gasteiger charge is -2.07. The number of aryl methyl sites for hydroxylation is 1. The molecule has 0 saturated heterocycles. The van der Waals surface area contributed by atoms with Crippen molar-refractivity contribution in [3.05, 3.63) is 48.2 Å². The van der Waals surface area contributed by atoms with Gasteiger partial charge in [-0.3, -0.25) is 0 Å². The van der Waals surface area contributed by atoms with E-state index >= 15 is 0 Å². The molecule has 0 heterocycles. The van der Waals surface area contributed by atoms with E-state index < -0.39 is 16.1 Å². The largest absolute Gasteiger partial charge is 0.448 e. The predicted octanol–water partition coefficient (Wildman–Crippen LogP) is 2.14. The Morgan fingerprint density at radius 2 is 2.05 bits per heavy atom. The van der Waals surface area contributed by atoms with Crippen molar-refractivity contribution in [2.45, 2.75) is 18.2 Å². The molecule has 0 aliphatic rings. The molecule has 0 saturated carbocycles. The first-order valence-electron chi connectivity index (χ1n) is 5.56. The summed E-state index contributed by atoms with van der Waals surface area (Å²) in [7, 11) is -3.88.